The van der Waals surface area contributed by atoms with E-state index in [1.165, 1.54) is 28.8 Å². The highest BCUT2D eigenvalue weighted by atomic mass is 32.2. The highest BCUT2D eigenvalue weighted by molar-refractivity contribution is 8.00. The molecule has 0 saturated carbocycles. The molecule has 0 bridgehead atoms. The molecule has 10 heteroatoms. The monoisotopic (exact) mass is 595 g/mol. The van der Waals surface area contributed by atoms with E-state index in [2.05, 4.69) is 10.2 Å². The van der Waals surface area contributed by atoms with Gasteiger partial charge in [-0.25, -0.2) is 4.39 Å². The Morgan fingerprint density at radius 1 is 0.881 bits per heavy atom. The third kappa shape index (κ3) is 5.67. The summed E-state index contributed by atoms with van der Waals surface area (Å²) in [5.41, 5.74) is 1.80. The lowest BCUT2D eigenvalue weighted by Crippen LogP contribution is -2.29. The van der Waals surface area contributed by atoms with Crippen LogP contribution in [0.15, 0.2) is 119 Å². The van der Waals surface area contributed by atoms with Crippen molar-refractivity contribution in [3.8, 4) is 11.5 Å². The van der Waals surface area contributed by atoms with Gasteiger partial charge in [0.25, 0.3) is 5.78 Å². The predicted octanol–water partition coefficient (Wildman–Crippen LogP) is 7.39. The number of aromatic nitrogens is 2. The average molecular weight is 596 g/mol. The van der Waals surface area contributed by atoms with E-state index in [-0.39, 0.29) is 22.3 Å². The summed E-state index contributed by atoms with van der Waals surface area (Å²) >= 11 is 2.54. The van der Waals surface area contributed by atoms with E-state index < -0.39 is 17.7 Å². The number of hydrogen-bond acceptors (Lipinski definition) is 8. The number of para-hydroxylation sites is 1. The molecule has 0 aliphatic carbocycles. The van der Waals surface area contributed by atoms with Gasteiger partial charge in [-0.15, -0.1) is 10.2 Å². The molecule has 0 spiro atoms. The van der Waals surface area contributed by atoms with Crippen LogP contribution in [0.5, 0.6) is 11.5 Å². The maximum absolute atomic E-state index is 13.5. The van der Waals surface area contributed by atoms with Gasteiger partial charge in [0.05, 0.1) is 11.6 Å². The SMILES string of the molecule is O=C1C(=O)N(c2nnc(SCc3ccc(F)cc3)s2)C(c2cccc(Oc3ccccc3)c2)/C1=C(/O)c1ccccc1. The summed E-state index contributed by atoms with van der Waals surface area (Å²) in [5.74, 6) is -0.608. The van der Waals surface area contributed by atoms with Crippen LogP contribution in [0.1, 0.15) is 22.7 Å². The molecule has 1 unspecified atom stereocenters. The molecular formula is C32H22FN3O4S2. The quantitative estimate of drug-likeness (QED) is 0.0657. The molecule has 1 aliphatic heterocycles. The van der Waals surface area contributed by atoms with E-state index >= 15 is 0 Å². The summed E-state index contributed by atoms with van der Waals surface area (Å²) in [6.07, 6.45) is 0. The zero-order valence-corrected chi connectivity index (χ0v) is 23.5. The van der Waals surface area contributed by atoms with E-state index in [1.54, 1.807) is 66.7 Å². The van der Waals surface area contributed by atoms with Crippen molar-refractivity contribution in [2.24, 2.45) is 0 Å². The Kier molecular flexibility index (Phi) is 7.81. The van der Waals surface area contributed by atoms with Gasteiger partial charge in [0.2, 0.25) is 5.13 Å². The van der Waals surface area contributed by atoms with Crippen molar-refractivity contribution in [2.45, 2.75) is 16.1 Å². The number of carbonyl (C=O) groups excluding carboxylic acids is 2. The van der Waals surface area contributed by atoms with E-state index in [1.807, 2.05) is 30.3 Å². The van der Waals surface area contributed by atoms with Gasteiger partial charge in [0.15, 0.2) is 4.34 Å². The number of carbonyl (C=O) groups is 2. The van der Waals surface area contributed by atoms with Crippen molar-refractivity contribution in [2.75, 3.05) is 4.90 Å². The van der Waals surface area contributed by atoms with Crippen LogP contribution in [0.4, 0.5) is 9.52 Å². The Balaban J connectivity index is 1.38. The molecule has 42 heavy (non-hydrogen) atoms. The number of ether oxygens (including phenoxy) is 1. The lowest BCUT2D eigenvalue weighted by molar-refractivity contribution is -0.132. The smallest absolute Gasteiger partial charge is 0.301 e. The lowest BCUT2D eigenvalue weighted by Gasteiger charge is -2.23. The molecular weight excluding hydrogens is 574 g/mol. The summed E-state index contributed by atoms with van der Waals surface area (Å²) in [4.78, 5) is 28.3. The summed E-state index contributed by atoms with van der Waals surface area (Å²) in [6, 6.07) is 30.1. The van der Waals surface area contributed by atoms with Crippen molar-refractivity contribution in [1.29, 1.82) is 0 Å². The van der Waals surface area contributed by atoms with E-state index in [4.69, 9.17) is 4.74 Å². The number of rotatable bonds is 8. The molecule has 1 aliphatic rings. The van der Waals surface area contributed by atoms with Crippen LogP contribution in [0.25, 0.3) is 5.76 Å². The molecule has 4 aromatic carbocycles. The second-order valence-electron chi connectivity index (χ2n) is 9.29. The Morgan fingerprint density at radius 2 is 1.57 bits per heavy atom. The van der Waals surface area contributed by atoms with E-state index in [0.29, 0.717) is 32.7 Å². The first-order valence-corrected chi connectivity index (χ1v) is 14.7. The van der Waals surface area contributed by atoms with Crippen molar-refractivity contribution < 1.29 is 23.8 Å². The molecule has 1 amide bonds. The van der Waals surface area contributed by atoms with Gasteiger partial charge in [-0.2, -0.15) is 0 Å². The van der Waals surface area contributed by atoms with Crippen LogP contribution in [-0.2, 0) is 15.3 Å². The molecule has 1 saturated heterocycles. The molecule has 1 fully saturated rings. The highest BCUT2D eigenvalue weighted by Gasteiger charge is 2.48. The number of benzene rings is 4. The van der Waals surface area contributed by atoms with Crippen LogP contribution >= 0.6 is 23.1 Å². The number of Topliss-reactive ketones (excluding diaryl/α,β-unsaturated/α-hetero) is 1. The Labute approximate surface area is 248 Å². The van der Waals surface area contributed by atoms with Crippen LogP contribution in [0, 0.1) is 5.82 Å². The molecule has 1 atom stereocenters. The van der Waals surface area contributed by atoms with Crippen molar-refractivity contribution in [1.82, 2.24) is 10.2 Å². The number of halogens is 1. The molecule has 6 rings (SSSR count). The third-order valence-electron chi connectivity index (χ3n) is 6.52. The zero-order chi connectivity index (χ0) is 29.1. The second kappa shape index (κ2) is 12.0. The van der Waals surface area contributed by atoms with Gasteiger partial charge in [0, 0.05) is 11.3 Å². The molecule has 7 nitrogen and oxygen atoms in total. The average Bonchev–Trinajstić information content (AvgIpc) is 3.59. The minimum absolute atomic E-state index is 0.0567. The fourth-order valence-corrected chi connectivity index (χ4v) is 6.38. The largest absolute Gasteiger partial charge is 0.507 e. The maximum atomic E-state index is 13.5. The fourth-order valence-electron chi connectivity index (χ4n) is 4.55. The van der Waals surface area contributed by atoms with E-state index in [0.717, 1.165) is 16.9 Å². The molecule has 1 aromatic heterocycles. The molecule has 208 valence electrons. The van der Waals surface area contributed by atoms with Crippen LogP contribution in [0.3, 0.4) is 0 Å². The van der Waals surface area contributed by atoms with E-state index in [9.17, 15) is 19.1 Å². The number of nitrogens with zero attached hydrogens (tertiary/aromatic N) is 3. The first-order chi connectivity index (χ1) is 20.5. The maximum Gasteiger partial charge on any atom is 0.301 e. The van der Waals surface area contributed by atoms with Crippen molar-refractivity contribution >= 4 is 45.7 Å². The van der Waals surface area contributed by atoms with Gasteiger partial charge < -0.3 is 9.84 Å². The van der Waals surface area contributed by atoms with Crippen molar-refractivity contribution in [3.05, 3.63) is 137 Å². The summed E-state index contributed by atoms with van der Waals surface area (Å²) in [5, 5.41) is 20.0. The first-order valence-electron chi connectivity index (χ1n) is 12.9. The van der Waals surface area contributed by atoms with Crippen LogP contribution < -0.4 is 9.64 Å². The van der Waals surface area contributed by atoms with Crippen molar-refractivity contribution in [3.63, 3.8) is 0 Å². The lowest BCUT2D eigenvalue weighted by atomic mass is 9.95. The number of thioether (sulfide) groups is 1. The fraction of sp³-hybridized carbons (Fsp3) is 0.0625. The summed E-state index contributed by atoms with van der Waals surface area (Å²) in [6.45, 7) is 0. The molecule has 0 radical (unpaired) electrons. The minimum atomic E-state index is -0.979. The number of amides is 1. The Morgan fingerprint density at radius 3 is 2.31 bits per heavy atom. The van der Waals surface area contributed by atoms with Crippen LogP contribution in [0.2, 0.25) is 0 Å². The summed E-state index contributed by atoms with van der Waals surface area (Å²) in [7, 11) is 0. The first kappa shape index (κ1) is 27.4. The van der Waals surface area contributed by atoms with Crippen LogP contribution in [-0.4, -0.2) is 27.0 Å². The number of aliphatic hydroxyl groups is 1. The Bertz CT molecular complexity index is 1780. The number of anilines is 1. The van der Waals surface area contributed by atoms with Gasteiger partial charge in [-0.3, -0.25) is 14.5 Å². The zero-order valence-electron chi connectivity index (χ0n) is 21.9. The predicted molar refractivity (Wildman–Crippen MR) is 160 cm³/mol. The topological polar surface area (TPSA) is 92.6 Å². The second-order valence-corrected chi connectivity index (χ2v) is 11.5. The summed E-state index contributed by atoms with van der Waals surface area (Å²) < 4.78 is 19.9. The van der Waals surface area contributed by atoms with Gasteiger partial charge in [0.1, 0.15) is 23.1 Å². The molecule has 5 aromatic rings. The molecule has 1 N–H and O–H groups in total. The minimum Gasteiger partial charge on any atom is -0.507 e. The third-order valence-corrected chi connectivity index (χ3v) is 8.65. The number of ketones is 1. The normalized spacial score (nSPS) is 16.1. The number of hydrogen-bond donors (Lipinski definition) is 1. The van der Waals surface area contributed by atoms with Gasteiger partial charge in [-0.05, 0) is 47.5 Å². The Hall–Kier alpha value is -4.80. The standard InChI is InChI=1S/C32H22FN3O4S2/c33-23-16-14-20(15-17-23)19-41-32-35-34-31(42-32)36-27(22-10-7-13-25(18-22)40-24-11-5-2-6-12-24)26(29(38)30(36)39)28(37)21-8-3-1-4-9-21/h1-18,27,37H,19H2/b28-26-. The molecule has 2 heterocycles. The number of aliphatic hydroxyl groups excluding tert-OH is 1. The highest BCUT2D eigenvalue weighted by Crippen LogP contribution is 2.44. The van der Waals surface area contributed by atoms with Gasteiger partial charge in [-0.1, -0.05) is 95.9 Å². The van der Waals surface area contributed by atoms with Gasteiger partial charge >= 0.3 is 5.91 Å².